The van der Waals surface area contributed by atoms with Crippen LogP contribution in [0.3, 0.4) is 0 Å². The van der Waals surface area contributed by atoms with Gasteiger partial charge in [-0.25, -0.2) is 0 Å². The SMILES string of the molecule is C[C@H](CC(=O)C[C@H](C)C(=O)O)C1=CC[C@@]2(C)[C@@H]3CC[C@H]4C(C)(C)[C@@H](O)CC[C@]4(C)C3=CC[C@]12C. The van der Waals surface area contributed by atoms with Gasteiger partial charge in [0.1, 0.15) is 5.78 Å². The number of aliphatic hydroxyl groups is 1. The highest BCUT2D eigenvalue weighted by Gasteiger charge is 2.63. The zero-order chi connectivity index (χ0) is 25.3. The van der Waals surface area contributed by atoms with Gasteiger partial charge in [-0.1, -0.05) is 71.8 Å². The van der Waals surface area contributed by atoms with Crippen LogP contribution in [0.5, 0.6) is 0 Å². The smallest absolute Gasteiger partial charge is 0.306 e. The van der Waals surface area contributed by atoms with Crippen LogP contribution in [-0.2, 0) is 9.59 Å². The summed E-state index contributed by atoms with van der Waals surface area (Å²) in [6.07, 6.45) is 11.7. The largest absolute Gasteiger partial charge is 0.481 e. The number of rotatable bonds is 6. The van der Waals surface area contributed by atoms with Crippen molar-refractivity contribution in [3.63, 3.8) is 0 Å². The first-order chi connectivity index (χ1) is 15.7. The van der Waals surface area contributed by atoms with Gasteiger partial charge in [-0.3, -0.25) is 9.59 Å². The maximum Gasteiger partial charge on any atom is 0.306 e. The number of allylic oxidation sites excluding steroid dienone is 4. The van der Waals surface area contributed by atoms with E-state index in [0.717, 1.165) is 25.7 Å². The Kier molecular flexibility index (Phi) is 6.28. The molecule has 2 N–H and O–H groups in total. The highest BCUT2D eigenvalue weighted by atomic mass is 16.4. The van der Waals surface area contributed by atoms with Crippen LogP contribution in [0.4, 0.5) is 0 Å². The minimum atomic E-state index is -0.895. The lowest BCUT2D eigenvalue weighted by Crippen LogP contribution is -2.57. The summed E-state index contributed by atoms with van der Waals surface area (Å²) >= 11 is 0. The van der Waals surface area contributed by atoms with Gasteiger partial charge < -0.3 is 10.2 Å². The van der Waals surface area contributed by atoms with E-state index in [1.165, 1.54) is 18.4 Å². The number of hydrogen-bond donors (Lipinski definition) is 2. The van der Waals surface area contributed by atoms with Gasteiger partial charge in [0.25, 0.3) is 0 Å². The number of Topliss-reactive ketones (excluding diaryl/α,β-unsaturated/α-hetero) is 1. The first-order valence-corrected chi connectivity index (χ1v) is 13.5. The lowest BCUT2D eigenvalue weighted by Gasteiger charge is -2.64. The molecule has 2 saturated carbocycles. The molecule has 2 fully saturated rings. The summed E-state index contributed by atoms with van der Waals surface area (Å²) in [5.74, 6) is -0.252. The Balaban J connectivity index is 1.59. The number of carbonyl (C=O) groups excluding carboxylic acids is 1. The summed E-state index contributed by atoms with van der Waals surface area (Å²) in [6, 6.07) is 0. The third kappa shape index (κ3) is 3.57. The molecule has 0 aliphatic heterocycles. The Morgan fingerprint density at radius 1 is 1.00 bits per heavy atom. The Morgan fingerprint density at radius 3 is 2.32 bits per heavy atom. The van der Waals surface area contributed by atoms with Crippen molar-refractivity contribution in [3.8, 4) is 0 Å². The van der Waals surface area contributed by atoms with E-state index >= 15 is 0 Å². The highest BCUT2D eigenvalue weighted by Crippen LogP contribution is 2.71. The molecule has 0 unspecified atom stereocenters. The van der Waals surface area contributed by atoms with Crippen LogP contribution in [0, 0.1) is 45.3 Å². The van der Waals surface area contributed by atoms with Gasteiger partial charge >= 0.3 is 5.97 Å². The predicted octanol–water partition coefficient (Wildman–Crippen LogP) is 6.58. The van der Waals surface area contributed by atoms with Gasteiger partial charge in [0.15, 0.2) is 0 Å². The zero-order valence-electron chi connectivity index (χ0n) is 22.4. The molecule has 4 aliphatic rings. The van der Waals surface area contributed by atoms with Crippen molar-refractivity contribution in [2.24, 2.45) is 45.3 Å². The van der Waals surface area contributed by atoms with E-state index in [2.05, 4.69) is 53.7 Å². The molecule has 0 spiro atoms. The molecule has 4 nitrogen and oxygen atoms in total. The number of carboxylic acids is 1. The maximum atomic E-state index is 12.7. The minimum Gasteiger partial charge on any atom is -0.481 e. The highest BCUT2D eigenvalue weighted by molar-refractivity contribution is 5.84. The first-order valence-electron chi connectivity index (χ1n) is 13.5. The topological polar surface area (TPSA) is 74.6 Å². The lowest BCUT2D eigenvalue weighted by molar-refractivity contribution is -0.143. The molecule has 0 aromatic rings. The lowest BCUT2D eigenvalue weighted by atomic mass is 9.41. The fourth-order valence-corrected chi connectivity index (χ4v) is 9.00. The minimum absolute atomic E-state index is 0.0339. The van der Waals surface area contributed by atoms with Crippen molar-refractivity contribution in [2.45, 2.75) is 106 Å². The van der Waals surface area contributed by atoms with Crippen LogP contribution in [0.2, 0.25) is 0 Å². The number of aliphatic carboxylic acids is 1. The Morgan fingerprint density at radius 2 is 1.68 bits per heavy atom. The maximum absolute atomic E-state index is 12.7. The van der Waals surface area contributed by atoms with Gasteiger partial charge in [0.2, 0.25) is 0 Å². The number of ketones is 1. The second kappa shape index (κ2) is 8.32. The summed E-state index contributed by atoms with van der Waals surface area (Å²) in [7, 11) is 0. The van der Waals surface area contributed by atoms with E-state index in [1.54, 1.807) is 12.5 Å². The molecular formula is C30H46O4. The molecule has 0 radical (unpaired) electrons. The molecular weight excluding hydrogens is 424 g/mol. The summed E-state index contributed by atoms with van der Waals surface area (Å²) in [5, 5.41) is 20.0. The molecule has 0 bridgehead atoms. The third-order valence-electron chi connectivity index (χ3n) is 11.4. The normalized spacial score (nSPS) is 42.4. The molecule has 4 aliphatic carbocycles. The number of carbonyl (C=O) groups is 2. The Labute approximate surface area is 206 Å². The van der Waals surface area contributed by atoms with Crippen LogP contribution in [-0.4, -0.2) is 28.1 Å². The van der Waals surface area contributed by atoms with E-state index < -0.39 is 11.9 Å². The molecule has 4 rings (SSSR count). The molecule has 0 amide bonds. The summed E-state index contributed by atoms with van der Waals surface area (Å²) < 4.78 is 0. The predicted molar refractivity (Wildman–Crippen MR) is 135 cm³/mol. The van der Waals surface area contributed by atoms with Crippen LogP contribution in [0.15, 0.2) is 23.3 Å². The Hall–Kier alpha value is -1.42. The number of carboxylic acid groups (broad SMARTS) is 1. The van der Waals surface area contributed by atoms with Gasteiger partial charge in [-0.2, -0.15) is 0 Å². The Bertz CT molecular complexity index is 928. The molecule has 0 saturated heterocycles. The van der Waals surface area contributed by atoms with E-state index in [1.807, 2.05) is 0 Å². The summed E-state index contributed by atoms with van der Waals surface area (Å²) in [6.45, 7) is 15.7. The van der Waals surface area contributed by atoms with Crippen molar-refractivity contribution >= 4 is 11.8 Å². The van der Waals surface area contributed by atoms with Crippen LogP contribution in [0.25, 0.3) is 0 Å². The second-order valence-electron chi connectivity index (χ2n) is 13.5. The average molecular weight is 471 g/mol. The van der Waals surface area contributed by atoms with Crippen LogP contribution >= 0.6 is 0 Å². The van der Waals surface area contributed by atoms with E-state index in [9.17, 15) is 19.8 Å². The number of fused-ring (bicyclic) bond motifs is 5. The van der Waals surface area contributed by atoms with Crippen molar-refractivity contribution < 1.29 is 19.8 Å². The quantitative estimate of drug-likeness (QED) is 0.430. The number of aliphatic hydroxyl groups excluding tert-OH is 1. The van der Waals surface area contributed by atoms with Gasteiger partial charge in [-0.15, -0.1) is 0 Å². The van der Waals surface area contributed by atoms with E-state index in [4.69, 9.17) is 0 Å². The summed E-state index contributed by atoms with van der Waals surface area (Å²) in [5.41, 5.74) is 3.35. The van der Waals surface area contributed by atoms with E-state index in [-0.39, 0.29) is 45.9 Å². The standard InChI is InChI=1S/C30H46O4/c1-18(16-20(31)17-19(2)26(33)34)21-10-14-30(7)23-8-9-24-27(3,4)25(32)12-13-28(24,5)22(23)11-15-29(21,30)6/h10-11,18-19,23-25,32H,8-9,12-17H2,1-7H3,(H,33,34)/t18-,19+,23-,24+,25+,28-,29-,30+/m1/s1. The van der Waals surface area contributed by atoms with Crippen LogP contribution in [0.1, 0.15) is 99.8 Å². The zero-order valence-corrected chi connectivity index (χ0v) is 22.4. The van der Waals surface area contributed by atoms with Gasteiger partial charge in [0, 0.05) is 12.8 Å². The molecule has 34 heavy (non-hydrogen) atoms. The first kappa shape index (κ1) is 25.7. The fraction of sp³-hybridized carbons (Fsp3) is 0.800. The molecule has 0 aromatic carbocycles. The van der Waals surface area contributed by atoms with Gasteiger partial charge in [0.05, 0.1) is 12.0 Å². The number of hydrogen-bond acceptors (Lipinski definition) is 3. The fourth-order valence-electron chi connectivity index (χ4n) is 9.00. The van der Waals surface area contributed by atoms with Crippen molar-refractivity contribution in [2.75, 3.05) is 0 Å². The van der Waals surface area contributed by atoms with E-state index in [0.29, 0.717) is 18.3 Å². The monoisotopic (exact) mass is 470 g/mol. The van der Waals surface area contributed by atoms with Crippen molar-refractivity contribution in [1.29, 1.82) is 0 Å². The third-order valence-corrected chi connectivity index (χ3v) is 11.4. The van der Waals surface area contributed by atoms with Gasteiger partial charge in [-0.05, 0) is 77.9 Å². The van der Waals surface area contributed by atoms with Crippen LogP contribution < -0.4 is 0 Å². The molecule has 4 heteroatoms. The molecule has 0 aromatic heterocycles. The molecule has 0 heterocycles. The average Bonchev–Trinajstić information content (AvgIpc) is 3.02. The molecule has 8 atom stereocenters. The molecule has 190 valence electrons. The van der Waals surface area contributed by atoms with Crippen molar-refractivity contribution in [1.82, 2.24) is 0 Å². The summed E-state index contributed by atoms with van der Waals surface area (Å²) in [4.78, 5) is 23.9. The van der Waals surface area contributed by atoms with Crippen molar-refractivity contribution in [3.05, 3.63) is 23.3 Å². The second-order valence-corrected chi connectivity index (χ2v) is 13.5.